The number of sulfonamides is 1. The van der Waals surface area contributed by atoms with E-state index < -0.39 is 22.5 Å². The van der Waals surface area contributed by atoms with Gasteiger partial charge in [-0.1, -0.05) is 43.3 Å². The van der Waals surface area contributed by atoms with Crippen molar-refractivity contribution >= 4 is 16.0 Å². The zero-order chi connectivity index (χ0) is 17.6. The van der Waals surface area contributed by atoms with Crippen molar-refractivity contribution in [3.05, 3.63) is 65.2 Å². The first kappa shape index (κ1) is 18.2. The Hall–Kier alpha value is -2.18. The molecule has 0 saturated heterocycles. The van der Waals surface area contributed by atoms with E-state index in [1.54, 1.807) is 30.3 Å². The summed E-state index contributed by atoms with van der Waals surface area (Å²) in [7, 11) is -3.61. The predicted molar refractivity (Wildman–Crippen MR) is 93.3 cm³/mol. The lowest BCUT2D eigenvalue weighted by Crippen LogP contribution is -2.32. The number of ether oxygens (including phenoxy) is 1. The lowest BCUT2D eigenvalue weighted by molar-refractivity contribution is -0.133. The number of esters is 1. The van der Waals surface area contributed by atoms with E-state index in [9.17, 15) is 13.2 Å². The third kappa shape index (κ3) is 5.47. The molecular formula is C18H21NO4S. The third-order valence-corrected chi connectivity index (χ3v) is 4.86. The number of hydrogen-bond donors (Lipinski definition) is 1. The first-order valence-electron chi connectivity index (χ1n) is 7.71. The minimum atomic E-state index is -3.61. The third-order valence-electron chi connectivity index (χ3n) is 3.58. The number of benzene rings is 2. The maximum atomic E-state index is 12.1. The molecule has 2 rings (SSSR count). The zero-order valence-electron chi connectivity index (χ0n) is 13.8. The van der Waals surface area contributed by atoms with Crippen molar-refractivity contribution in [1.29, 1.82) is 0 Å². The second-order valence-electron chi connectivity index (χ2n) is 5.48. The van der Waals surface area contributed by atoms with Crippen molar-refractivity contribution in [1.82, 2.24) is 4.72 Å². The largest absolute Gasteiger partial charge is 0.426 e. The van der Waals surface area contributed by atoms with Crippen LogP contribution in [0.3, 0.4) is 0 Å². The Balaban J connectivity index is 1.91. The fourth-order valence-electron chi connectivity index (χ4n) is 2.19. The molecule has 2 aromatic carbocycles. The van der Waals surface area contributed by atoms with Gasteiger partial charge in [0, 0.05) is 0 Å². The highest BCUT2D eigenvalue weighted by atomic mass is 32.2. The fourth-order valence-corrected chi connectivity index (χ4v) is 3.37. The van der Waals surface area contributed by atoms with E-state index in [4.69, 9.17) is 4.74 Å². The quantitative estimate of drug-likeness (QED) is 0.617. The summed E-state index contributed by atoms with van der Waals surface area (Å²) in [6, 6.07) is 14.4. The lowest BCUT2D eigenvalue weighted by Gasteiger charge is -2.09. The van der Waals surface area contributed by atoms with Gasteiger partial charge >= 0.3 is 5.97 Å². The smallest absolute Gasteiger partial charge is 0.326 e. The van der Waals surface area contributed by atoms with Crippen molar-refractivity contribution in [2.45, 2.75) is 26.0 Å². The maximum absolute atomic E-state index is 12.1. The van der Waals surface area contributed by atoms with Crippen molar-refractivity contribution in [3.63, 3.8) is 0 Å². The SMILES string of the molecule is CCc1cccc(OC(=O)CNS(=O)(=O)Cc2ccccc2C)c1. The van der Waals surface area contributed by atoms with E-state index in [2.05, 4.69) is 4.72 Å². The molecule has 0 unspecified atom stereocenters. The minimum Gasteiger partial charge on any atom is -0.426 e. The molecule has 0 heterocycles. The summed E-state index contributed by atoms with van der Waals surface area (Å²) in [5, 5.41) is 0. The van der Waals surface area contributed by atoms with E-state index >= 15 is 0 Å². The maximum Gasteiger partial charge on any atom is 0.326 e. The van der Waals surface area contributed by atoms with Gasteiger partial charge in [-0.25, -0.2) is 13.1 Å². The molecule has 0 bridgehead atoms. The summed E-state index contributed by atoms with van der Waals surface area (Å²) in [6.45, 7) is 3.45. The van der Waals surface area contributed by atoms with Crippen LogP contribution in [0.1, 0.15) is 23.6 Å². The van der Waals surface area contributed by atoms with Gasteiger partial charge in [-0.3, -0.25) is 4.79 Å². The molecule has 0 aliphatic carbocycles. The van der Waals surface area contributed by atoms with Crippen LogP contribution in [0.5, 0.6) is 5.75 Å². The van der Waals surface area contributed by atoms with Gasteiger partial charge in [-0.05, 0) is 42.2 Å². The first-order valence-corrected chi connectivity index (χ1v) is 9.36. The van der Waals surface area contributed by atoms with Gasteiger partial charge in [-0.2, -0.15) is 0 Å². The van der Waals surface area contributed by atoms with Gasteiger partial charge in [0.05, 0.1) is 5.75 Å². The number of carbonyl (C=O) groups is 1. The van der Waals surface area contributed by atoms with E-state index in [0.29, 0.717) is 11.3 Å². The molecule has 0 aliphatic heterocycles. The summed E-state index contributed by atoms with van der Waals surface area (Å²) in [4.78, 5) is 11.8. The summed E-state index contributed by atoms with van der Waals surface area (Å²) < 4.78 is 31.6. The predicted octanol–water partition coefficient (Wildman–Crippen LogP) is 2.58. The van der Waals surface area contributed by atoms with E-state index in [1.165, 1.54) is 0 Å². The lowest BCUT2D eigenvalue weighted by atomic mass is 10.1. The van der Waals surface area contributed by atoms with Crippen LogP contribution in [0.4, 0.5) is 0 Å². The van der Waals surface area contributed by atoms with Gasteiger partial charge in [-0.15, -0.1) is 0 Å². The number of carbonyl (C=O) groups excluding carboxylic acids is 1. The molecule has 0 radical (unpaired) electrons. The average molecular weight is 347 g/mol. The van der Waals surface area contributed by atoms with Crippen molar-refractivity contribution < 1.29 is 17.9 Å². The fraction of sp³-hybridized carbons (Fsp3) is 0.278. The Labute approximate surface area is 142 Å². The molecule has 0 atom stereocenters. The zero-order valence-corrected chi connectivity index (χ0v) is 14.6. The molecule has 0 aliphatic rings. The molecular weight excluding hydrogens is 326 g/mol. The highest BCUT2D eigenvalue weighted by molar-refractivity contribution is 7.88. The van der Waals surface area contributed by atoms with E-state index in [1.807, 2.05) is 32.0 Å². The Morgan fingerprint density at radius 2 is 1.88 bits per heavy atom. The molecule has 0 spiro atoms. The van der Waals surface area contributed by atoms with Crippen LogP contribution in [0.15, 0.2) is 48.5 Å². The van der Waals surface area contributed by atoms with Gasteiger partial charge in [0.2, 0.25) is 10.0 Å². The van der Waals surface area contributed by atoms with Crippen LogP contribution in [-0.2, 0) is 27.0 Å². The second-order valence-corrected chi connectivity index (χ2v) is 7.29. The average Bonchev–Trinajstić information content (AvgIpc) is 2.55. The number of aryl methyl sites for hydroxylation is 2. The molecule has 0 aromatic heterocycles. The summed E-state index contributed by atoms with van der Waals surface area (Å²) in [5.74, 6) is -0.396. The number of hydrogen-bond acceptors (Lipinski definition) is 4. The van der Waals surface area contributed by atoms with Crippen LogP contribution in [0, 0.1) is 6.92 Å². The Morgan fingerprint density at radius 1 is 1.12 bits per heavy atom. The van der Waals surface area contributed by atoms with Gasteiger partial charge in [0.1, 0.15) is 12.3 Å². The second kappa shape index (κ2) is 8.08. The standard InChI is InChI=1S/C18H21NO4S/c1-3-15-8-6-10-17(11-15)23-18(20)12-19-24(21,22)13-16-9-5-4-7-14(16)2/h4-11,19H,3,12-13H2,1-2H3. The van der Waals surface area contributed by atoms with E-state index in [-0.39, 0.29) is 5.75 Å². The van der Waals surface area contributed by atoms with Crippen LogP contribution in [0.2, 0.25) is 0 Å². The topological polar surface area (TPSA) is 72.5 Å². The van der Waals surface area contributed by atoms with Crippen molar-refractivity contribution in [2.24, 2.45) is 0 Å². The highest BCUT2D eigenvalue weighted by Crippen LogP contribution is 2.14. The molecule has 0 fully saturated rings. The molecule has 5 nitrogen and oxygen atoms in total. The Morgan fingerprint density at radius 3 is 2.58 bits per heavy atom. The van der Waals surface area contributed by atoms with Gasteiger partial charge in [0.25, 0.3) is 0 Å². The minimum absolute atomic E-state index is 0.168. The molecule has 0 saturated carbocycles. The molecule has 128 valence electrons. The van der Waals surface area contributed by atoms with Crippen LogP contribution in [-0.4, -0.2) is 20.9 Å². The van der Waals surface area contributed by atoms with Crippen molar-refractivity contribution in [2.75, 3.05) is 6.54 Å². The van der Waals surface area contributed by atoms with Crippen LogP contribution < -0.4 is 9.46 Å². The monoisotopic (exact) mass is 347 g/mol. The van der Waals surface area contributed by atoms with Crippen LogP contribution >= 0.6 is 0 Å². The molecule has 6 heteroatoms. The molecule has 0 amide bonds. The Bertz CT molecular complexity index is 815. The number of nitrogens with one attached hydrogen (secondary N) is 1. The van der Waals surface area contributed by atoms with Crippen molar-refractivity contribution in [3.8, 4) is 5.75 Å². The highest BCUT2D eigenvalue weighted by Gasteiger charge is 2.15. The van der Waals surface area contributed by atoms with E-state index in [0.717, 1.165) is 17.5 Å². The molecule has 2 aromatic rings. The van der Waals surface area contributed by atoms with Gasteiger partial charge in [0.15, 0.2) is 0 Å². The van der Waals surface area contributed by atoms with Crippen LogP contribution in [0.25, 0.3) is 0 Å². The summed E-state index contributed by atoms with van der Waals surface area (Å²) in [5.41, 5.74) is 2.64. The normalized spacial score (nSPS) is 11.2. The molecule has 1 N–H and O–H groups in total. The summed E-state index contributed by atoms with van der Waals surface area (Å²) >= 11 is 0. The summed E-state index contributed by atoms with van der Waals surface area (Å²) in [6.07, 6.45) is 0.828. The molecule has 24 heavy (non-hydrogen) atoms. The number of rotatable bonds is 7. The first-order chi connectivity index (χ1) is 11.4. The van der Waals surface area contributed by atoms with Gasteiger partial charge < -0.3 is 4.74 Å². The Kier molecular flexibility index (Phi) is 6.11.